The Morgan fingerprint density at radius 1 is 1.40 bits per heavy atom. The Bertz CT molecular complexity index is 461. The van der Waals surface area contributed by atoms with Crippen LogP contribution in [0.1, 0.15) is 25.8 Å². The van der Waals surface area contributed by atoms with Crippen molar-refractivity contribution >= 4 is 23.2 Å². The number of carbonyl (C=O) groups is 1. The van der Waals surface area contributed by atoms with E-state index in [4.69, 9.17) is 16.3 Å². The van der Waals surface area contributed by atoms with E-state index in [2.05, 4.69) is 24.5 Å². The van der Waals surface area contributed by atoms with Gasteiger partial charge in [0.2, 0.25) is 5.91 Å². The van der Waals surface area contributed by atoms with Crippen molar-refractivity contribution in [3.8, 4) is 5.75 Å². The van der Waals surface area contributed by atoms with Crippen LogP contribution >= 0.6 is 11.6 Å². The number of amides is 1. The molecule has 0 aliphatic rings. The normalized spacial score (nSPS) is 10.5. The maximum atomic E-state index is 11.6. The van der Waals surface area contributed by atoms with E-state index < -0.39 is 0 Å². The molecule has 1 aromatic carbocycles. The predicted octanol–water partition coefficient (Wildman–Crippen LogP) is 3.23. The fourth-order valence-electron chi connectivity index (χ4n) is 1.69. The van der Waals surface area contributed by atoms with Gasteiger partial charge in [0.25, 0.3) is 0 Å². The number of rotatable bonds is 7. The lowest BCUT2D eigenvalue weighted by atomic mass is 10.2. The SMILES string of the molecule is COc1cc(Cl)c(C)cc1NCCC(=O)NCC(C)C. The average molecular weight is 299 g/mol. The summed E-state index contributed by atoms with van der Waals surface area (Å²) in [7, 11) is 1.60. The lowest BCUT2D eigenvalue weighted by Gasteiger charge is -2.13. The van der Waals surface area contributed by atoms with E-state index >= 15 is 0 Å². The van der Waals surface area contributed by atoms with Crippen molar-refractivity contribution in [3.63, 3.8) is 0 Å². The second-order valence-corrected chi connectivity index (χ2v) is 5.58. The van der Waals surface area contributed by atoms with E-state index in [9.17, 15) is 4.79 Å². The van der Waals surface area contributed by atoms with Crippen LogP contribution in [0.4, 0.5) is 5.69 Å². The second kappa shape index (κ2) is 8.00. The first-order valence-electron chi connectivity index (χ1n) is 6.78. The summed E-state index contributed by atoms with van der Waals surface area (Å²) in [5.41, 5.74) is 1.82. The molecule has 0 unspecified atom stereocenters. The number of hydrogen-bond donors (Lipinski definition) is 2. The van der Waals surface area contributed by atoms with Crippen LogP contribution in [0, 0.1) is 12.8 Å². The van der Waals surface area contributed by atoms with Crippen LogP contribution in [-0.2, 0) is 4.79 Å². The van der Waals surface area contributed by atoms with Gasteiger partial charge in [-0.15, -0.1) is 0 Å². The maximum Gasteiger partial charge on any atom is 0.221 e. The number of anilines is 1. The molecule has 0 aromatic heterocycles. The quantitative estimate of drug-likeness (QED) is 0.812. The van der Waals surface area contributed by atoms with Crippen LogP contribution in [0.3, 0.4) is 0 Å². The van der Waals surface area contributed by atoms with Crippen molar-refractivity contribution in [2.75, 3.05) is 25.5 Å². The molecule has 0 atom stereocenters. The van der Waals surface area contributed by atoms with Crippen LogP contribution in [0.5, 0.6) is 5.75 Å². The van der Waals surface area contributed by atoms with Crippen LogP contribution in [0.2, 0.25) is 5.02 Å². The summed E-state index contributed by atoms with van der Waals surface area (Å²) in [6.45, 7) is 7.34. The van der Waals surface area contributed by atoms with Crippen molar-refractivity contribution in [2.24, 2.45) is 5.92 Å². The summed E-state index contributed by atoms with van der Waals surface area (Å²) in [6, 6.07) is 3.70. The zero-order valence-electron chi connectivity index (χ0n) is 12.5. The number of hydrogen-bond acceptors (Lipinski definition) is 3. The number of benzene rings is 1. The van der Waals surface area contributed by atoms with E-state index in [0.717, 1.165) is 11.3 Å². The Labute approximate surface area is 125 Å². The summed E-state index contributed by atoms with van der Waals surface area (Å²) < 4.78 is 5.27. The minimum absolute atomic E-state index is 0.0517. The molecule has 1 amide bonds. The first-order chi connectivity index (χ1) is 9.43. The number of ether oxygens (including phenoxy) is 1. The molecule has 20 heavy (non-hydrogen) atoms. The number of nitrogens with one attached hydrogen (secondary N) is 2. The fourth-order valence-corrected chi connectivity index (χ4v) is 1.84. The van der Waals surface area contributed by atoms with Gasteiger partial charge in [0.1, 0.15) is 5.75 Å². The molecular weight excluding hydrogens is 276 g/mol. The highest BCUT2D eigenvalue weighted by atomic mass is 35.5. The van der Waals surface area contributed by atoms with Gasteiger partial charge in [-0.05, 0) is 24.5 Å². The lowest BCUT2D eigenvalue weighted by Crippen LogP contribution is -2.28. The Hall–Kier alpha value is -1.42. The maximum absolute atomic E-state index is 11.6. The highest BCUT2D eigenvalue weighted by Crippen LogP contribution is 2.30. The second-order valence-electron chi connectivity index (χ2n) is 5.18. The van der Waals surface area contributed by atoms with Crippen molar-refractivity contribution < 1.29 is 9.53 Å². The standard InChI is InChI=1S/C15H23ClN2O2/c1-10(2)9-18-15(19)5-6-17-13-7-11(3)12(16)8-14(13)20-4/h7-8,10,17H,5-6,9H2,1-4H3,(H,18,19). The molecule has 0 bridgehead atoms. The molecule has 2 N–H and O–H groups in total. The predicted molar refractivity (Wildman–Crippen MR) is 83.7 cm³/mol. The summed E-state index contributed by atoms with van der Waals surface area (Å²) in [5.74, 6) is 1.20. The van der Waals surface area contributed by atoms with Crippen molar-refractivity contribution in [3.05, 3.63) is 22.7 Å². The molecule has 0 saturated carbocycles. The summed E-state index contributed by atoms with van der Waals surface area (Å²) >= 11 is 6.05. The first-order valence-corrected chi connectivity index (χ1v) is 7.16. The van der Waals surface area contributed by atoms with Gasteiger partial charge < -0.3 is 15.4 Å². The van der Waals surface area contributed by atoms with Gasteiger partial charge >= 0.3 is 0 Å². The van der Waals surface area contributed by atoms with Gasteiger partial charge in [0, 0.05) is 30.6 Å². The molecular formula is C15H23ClN2O2. The average Bonchev–Trinajstić information content (AvgIpc) is 2.40. The highest BCUT2D eigenvalue weighted by molar-refractivity contribution is 6.31. The minimum Gasteiger partial charge on any atom is -0.495 e. The van der Waals surface area contributed by atoms with Crippen molar-refractivity contribution in [1.82, 2.24) is 5.32 Å². The van der Waals surface area contributed by atoms with Crippen LogP contribution < -0.4 is 15.4 Å². The van der Waals surface area contributed by atoms with Gasteiger partial charge in [-0.3, -0.25) is 4.79 Å². The van der Waals surface area contributed by atoms with Gasteiger partial charge in [0.05, 0.1) is 12.8 Å². The van der Waals surface area contributed by atoms with Gasteiger partial charge in [-0.25, -0.2) is 0 Å². The molecule has 1 rings (SSSR count). The van der Waals surface area contributed by atoms with Gasteiger partial charge in [0.15, 0.2) is 0 Å². The Balaban J connectivity index is 2.49. The Morgan fingerprint density at radius 2 is 2.10 bits per heavy atom. The third-order valence-corrected chi connectivity index (χ3v) is 3.26. The van der Waals surface area contributed by atoms with Gasteiger partial charge in [-0.1, -0.05) is 25.4 Å². The monoisotopic (exact) mass is 298 g/mol. The van der Waals surface area contributed by atoms with Crippen LogP contribution in [0.15, 0.2) is 12.1 Å². The molecule has 5 heteroatoms. The largest absolute Gasteiger partial charge is 0.495 e. The van der Waals surface area contributed by atoms with E-state index in [1.54, 1.807) is 13.2 Å². The third-order valence-electron chi connectivity index (χ3n) is 2.86. The lowest BCUT2D eigenvalue weighted by molar-refractivity contribution is -0.120. The Morgan fingerprint density at radius 3 is 2.70 bits per heavy atom. The molecule has 0 spiro atoms. The number of halogens is 1. The summed E-state index contributed by atoms with van der Waals surface area (Å²) in [4.78, 5) is 11.6. The Kier molecular flexibility index (Phi) is 6.65. The number of methoxy groups -OCH3 is 1. The molecule has 4 nitrogen and oxygen atoms in total. The highest BCUT2D eigenvalue weighted by Gasteiger charge is 2.07. The minimum atomic E-state index is 0.0517. The van der Waals surface area contributed by atoms with Crippen LogP contribution in [-0.4, -0.2) is 26.1 Å². The van der Waals surface area contributed by atoms with Gasteiger partial charge in [-0.2, -0.15) is 0 Å². The molecule has 0 radical (unpaired) electrons. The van der Waals surface area contributed by atoms with E-state index in [1.807, 2.05) is 13.0 Å². The van der Waals surface area contributed by atoms with E-state index in [-0.39, 0.29) is 5.91 Å². The molecule has 1 aromatic rings. The zero-order valence-corrected chi connectivity index (χ0v) is 13.3. The van der Waals surface area contributed by atoms with E-state index in [1.165, 1.54) is 0 Å². The van der Waals surface area contributed by atoms with Crippen LogP contribution in [0.25, 0.3) is 0 Å². The number of carbonyl (C=O) groups excluding carboxylic acids is 1. The first kappa shape index (κ1) is 16.6. The molecule has 112 valence electrons. The molecule has 0 aliphatic carbocycles. The topological polar surface area (TPSA) is 50.4 Å². The molecule has 0 saturated heterocycles. The fraction of sp³-hybridized carbons (Fsp3) is 0.533. The summed E-state index contributed by atoms with van der Waals surface area (Å²) in [5, 5.41) is 6.76. The molecule has 0 heterocycles. The molecule has 0 aliphatic heterocycles. The van der Waals surface area contributed by atoms with E-state index in [0.29, 0.717) is 36.2 Å². The van der Waals surface area contributed by atoms with Crippen molar-refractivity contribution in [2.45, 2.75) is 27.2 Å². The molecule has 0 fully saturated rings. The zero-order chi connectivity index (χ0) is 15.1. The third kappa shape index (κ3) is 5.29. The number of aryl methyl sites for hydroxylation is 1. The summed E-state index contributed by atoms with van der Waals surface area (Å²) in [6.07, 6.45) is 0.428. The van der Waals surface area contributed by atoms with Crippen molar-refractivity contribution in [1.29, 1.82) is 0 Å². The smallest absolute Gasteiger partial charge is 0.221 e.